The van der Waals surface area contributed by atoms with Gasteiger partial charge in [-0.05, 0) is 66.7 Å². The molecule has 0 spiro atoms. The van der Waals surface area contributed by atoms with E-state index < -0.39 is 0 Å². The standard InChI is InChI=1S/C43H42N2/c1-32(2)40(26-27-41(36-17-11-7-12-18-36)37-19-13-8-14-20-37)43-28-25-39(31-44-43)42(38-23-21-33(3)22-24-38)29-30-45(5)34(4)35-15-9-6-10-16-35/h6-26,28,30-31,34,41H,1,27H2,2-5H3/b40-26+. The minimum atomic E-state index is 0.220. The fourth-order valence-corrected chi connectivity index (χ4v) is 5.57. The number of aryl methyl sites for hydroxylation is 1. The van der Waals surface area contributed by atoms with Crippen molar-refractivity contribution in [3.8, 4) is 0 Å². The first-order valence-corrected chi connectivity index (χ1v) is 15.6. The molecule has 1 aromatic heterocycles. The van der Waals surface area contributed by atoms with Gasteiger partial charge in [0.2, 0.25) is 0 Å². The van der Waals surface area contributed by atoms with Crippen LogP contribution in [0.25, 0.3) is 11.1 Å². The molecule has 0 aliphatic rings. The average Bonchev–Trinajstić information content (AvgIpc) is 3.08. The molecule has 1 heterocycles. The summed E-state index contributed by atoms with van der Waals surface area (Å²) in [5.74, 6) is 0.248. The van der Waals surface area contributed by atoms with Gasteiger partial charge in [-0.2, -0.15) is 0 Å². The molecule has 0 amide bonds. The number of aromatic nitrogens is 1. The summed E-state index contributed by atoms with van der Waals surface area (Å²) in [4.78, 5) is 7.18. The van der Waals surface area contributed by atoms with Crippen LogP contribution >= 0.6 is 0 Å². The molecular formula is C43H42N2. The number of rotatable bonds is 11. The van der Waals surface area contributed by atoms with Gasteiger partial charge in [0.05, 0.1) is 11.7 Å². The Balaban J connectivity index is 1.47. The third-order valence-electron chi connectivity index (χ3n) is 8.40. The van der Waals surface area contributed by atoms with Crippen LogP contribution in [0.4, 0.5) is 0 Å². The summed E-state index contributed by atoms with van der Waals surface area (Å²) in [6.07, 6.45) is 7.16. The molecule has 5 aromatic rings. The van der Waals surface area contributed by atoms with E-state index in [4.69, 9.17) is 4.98 Å². The highest BCUT2D eigenvalue weighted by Gasteiger charge is 2.15. The molecule has 45 heavy (non-hydrogen) atoms. The van der Waals surface area contributed by atoms with E-state index in [0.717, 1.165) is 40.0 Å². The second-order valence-corrected chi connectivity index (χ2v) is 11.7. The fraction of sp³-hybridized carbons (Fsp3) is 0.163. The summed E-state index contributed by atoms with van der Waals surface area (Å²) in [6, 6.07) is 45.1. The number of allylic oxidation sites excluding steroid dienone is 3. The Bertz CT molecular complexity index is 1740. The maximum atomic E-state index is 4.98. The van der Waals surface area contributed by atoms with Gasteiger partial charge in [-0.15, -0.1) is 0 Å². The molecule has 0 radical (unpaired) electrons. The third-order valence-corrected chi connectivity index (χ3v) is 8.40. The summed E-state index contributed by atoms with van der Waals surface area (Å²) < 4.78 is 0. The van der Waals surface area contributed by atoms with E-state index >= 15 is 0 Å². The lowest BCUT2D eigenvalue weighted by Crippen LogP contribution is -2.15. The highest BCUT2D eigenvalue weighted by Crippen LogP contribution is 2.32. The Labute approximate surface area is 269 Å². The van der Waals surface area contributed by atoms with E-state index in [1.807, 2.05) is 12.4 Å². The Morgan fingerprint density at radius 2 is 1.29 bits per heavy atom. The predicted octanol–water partition coefficient (Wildman–Crippen LogP) is 10.8. The maximum absolute atomic E-state index is 4.98. The van der Waals surface area contributed by atoms with Crippen molar-refractivity contribution in [3.05, 3.63) is 203 Å². The van der Waals surface area contributed by atoms with Crippen molar-refractivity contribution in [3.63, 3.8) is 0 Å². The van der Waals surface area contributed by atoms with Crippen LogP contribution in [-0.4, -0.2) is 16.9 Å². The van der Waals surface area contributed by atoms with Crippen LogP contribution in [0.15, 0.2) is 164 Å². The van der Waals surface area contributed by atoms with Gasteiger partial charge in [-0.25, -0.2) is 0 Å². The molecule has 0 aliphatic carbocycles. The van der Waals surface area contributed by atoms with Crippen LogP contribution in [0.3, 0.4) is 0 Å². The molecule has 0 saturated heterocycles. The van der Waals surface area contributed by atoms with Crippen LogP contribution in [0.5, 0.6) is 0 Å². The van der Waals surface area contributed by atoms with Gasteiger partial charge in [0.1, 0.15) is 0 Å². The van der Waals surface area contributed by atoms with E-state index in [0.29, 0.717) is 0 Å². The van der Waals surface area contributed by atoms with Gasteiger partial charge in [0.25, 0.3) is 0 Å². The normalized spacial score (nSPS) is 11.9. The average molecular weight is 587 g/mol. The lowest BCUT2D eigenvalue weighted by atomic mass is 9.87. The van der Waals surface area contributed by atoms with E-state index in [1.54, 1.807) is 0 Å². The van der Waals surface area contributed by atoms with Gasteiger partial charge in [-0.3, -0.25) is 4.98 Å². The van der Waals surface area contributed by atoms with Gasteiger partial charge >= 0.3 is 0 Å². The summed E-state index contributed by atoms with van der Waals surface area (Å²) in [6.45, 7) is 10.7. The van der Waals surface area contributed by atoms with Crippen molar-refractivity contribution in [2.45, 2.75) is 39.2 Å². The number of benzene rings is 4. The molecule has 1 unspecified atom stereocenters. The number of nitrogens with zero attached hydrogens (tertiary/aromatic N) is 2. The van der Waals surface area contributed by atoms with Crippen LogP contribution in [-0.2, 0) is 0 Å². The van der Waals surface area contributed by atoms with Crippen molar-refractivity contribution < 1.29 is 0 Å². The Hall–Kier alpha value is -5.17. The highest BCUT2D eigenvalue weighted by atomic mass is 15.1. The molecule has 0 N–H and O–H groups in total. The smallest absolute Gasteiger partial charge is 0.0701 e. The molecule has 0 bridgehead atoms. The Kier molecular flexibility index (Phi) is 10.4. The molecule has 224 valence electrons. The van der Waals surface area contributed by atoms with Crippen molar-refractivity contribution in [1.82, 2.24) is 9.88 Å². The number of hydrogen-bond donors (Lipinski definition) is 0. The molecule has 1 atom stereocenters. The van der Waals surface area contributed by atoms with Crippen LogP contribution < -0.4 is 0 Å². The molecule has 2 heteroatoms. The molecule has 0 aliphatic heterocycles. The first-order chi connectivity index (χ1) is 21.9. The SMILES string of the molecule is C=C(C)/C(=C\CC(c1ccccc1)c1ccccc1)c1ccc(C(=C=CN(C)C(C)c2ccccc2)c2ccc(C)cc2)cn1. The number of hydrogen-bond acceptors (Lipinski definition) is 2. The third kappa shape index (κ3) is 8.06. The Morgan fingerprint density at radius 3 is 1.80 bits per heavy atom. The minimum absolute atomic E-state index is 0.220. The van der Waals surface area contributed by atoms with Gasteiger partial charge in [0, 0.05) is 36.5 Å². The largest absolute Gasteiger partial charge is 0.367 e. The van der Waals surface area contributed by atoms with Gasteiger partial charge in [0.15, 0.2) is 0 Å². The first kappa shape index (κ1) is 31.3. The molecule has 5 rings (SSSR count). The molecule has 2 nitrogen and oxygen atoms in total. The lowest BCUT2D eigenvalue weighted by Gasteiger charge is -2.22. The first-order valence-electron chi connectivity index (χ1n) is 15.6. The summed E-state index contributed by atoms with van der Waals surface area (Å²) >= 11 is 0. The van der Waals surface area contributed by atoms with Crippen molar-refractivity contribution in [1.29, 1.82) is 0 Å². The van der Waals surface area contributed by atoms with Crippen LogP contribution in [0, 0.1) is 6.92 Å². The van der Waals surface area contributed by atoms with E-state index in [1.165, 1.54) is 22.3 Å². The topological polar surface area (TPSA) is 16.1 Å². The predicted molar refractivity (Wildman–Crippen MR) is 191 cm³/mol. The zero-order valence-corrected chi connectivity index (χ0v) is 26.8. The van der Waals surface area contributed by atoms with E-state index in [2.05, 4.69) is 178 Å². The fourth-order valence-electron chi connectivity index (χ4n) is 5.57. The van der Waals surface area contributed by atoms with Crippen molar-refractivity contribution in [2.75, 3.05) is 7.05 Å². The summed E-state index contributed by atoms with van der Waals surface area (Å²) in [5.41, 5.74) is 14.8. The quantitative estimate of drug-likeness (QED) is 0.113. The minimum Gasteiger partial charge on any atom is -0.367 e. The highest BCUT2D eigenvalue weighted by molar-refractivity contribution is 5.81. The van der Waals surface area contributed by atoms with E-state index in [9.17, 15) is 0 Å². The summed E-state index contributed by atoms with van der Waals surface area (Å²) in [5, 5.41) is 0. The molecule has 0 fully saturated rings. The van der Waals surface area contributed by atoms with Crippen LogP contribution in [0.2, 0.25) is 0 Å². The maximum Gasteiger partial charge on any atom is 0.0701 e. The lowest BCUT2D eigenvalue weighted by molar-refractivity contribution is 0.362. The summed E-state index contributed by atoms with van der Waals surface area (Å²) in [7, 11) is 2.10. The second kappa shape index (κ2) is 15.0. The molecule has 0 saturated carbocycles. The zero-order chi connectivity index (χ0) is 31.6. The van der Waals surface area contributed by atoms with Crippen molar-refractivity contribution >= 4 is 11.1 Å². The monoisotopic (exact) mass is 586 g/mol. The second-order valence-electron chi connectivity index (χ2n) is 11.7. The van der Waals surface area contributed by atoms with Crippen LogP contribution in [0.1, 0.15) is 71.3 Å². The zero-order valence-electron chi connectivity index (χ0n) is 26.8. The Morgan fingerprint density at radius 1 is 0.756 bits per heavy atom. The van der Waals surface area contributed by atoms with Crippen molar-refractivity contribution in [2.24, 2.45) is 0 Å². The number of pyridine rings is 1. The van der Waals surface area contributed by atoms with Gasteiger partial charge < -0.3 is 4.90 Å². The van der Waals surface area contributed by atoms with E-state index in [-0.39, 0.29) is 12.0 Å². The van der Waals surface area contributed by atoms with Gasteiger partial charge in [-0.1, -0.05) is 145 Å². The molecule has 4 aromatic carbocycles. The molecular weight excluding hydrogens is 544 g/mol.